The maximum Gasteiger partial charge on any atom is 0.308 e. The van der Waals surface area contributed by atoms with Crippen molar-refractivity contribution in [2.75, 3.05) is 13.1 Å². The van der Waals surface area contributed by atoms with E-state index in [-0.39, 0.29) is 17.9 Å². The molecule has 1 amide bonds. The summed E-state index contributed by atoms with van der Waals surface area (Å²) in [5, 5.41) is 15.3. The lowest BCUT2D eigenvalue weighted by Gasteiger charge is -2.30. The molecule has 1 heterocycles. The second kappa shape index (κ2) is 5.69. The molecule has 3 N–H and O–H groups in total. The Balaban J connectivity index is 1.94. The minimum atomic E-state index is -0.780. The number of carbonyl (C=O) groups excluding carboxylic acids is 1. The third kappa shape index (κ3) is 2.83. The molecule has 2 fully saturated rings. The van der Waals surface area contributed by atoms with E-state index in [4.69, 9.17) is 0 Å². The van der Waals surface area contributed by atoms with Gasteiger partial charge in [-0.05, 0) is 25.3 Å². The lowest BCUT2D eigenvalue weighted by atomic mass is 9.84. The first-order chi connectivity index (χ1) is 8.59. The smallest absolute Gasteiger partial charge is 0.308 e. The van der Waals surface area contributed by atoms with E-state index in [1.807, 2.05) is 0 Å². The summed E-state index contributed by atoms with van der Waals surface area (Å²) in [5.41, 5.74) is 0. The average Bonchev–Trinajstić information content (AvgIpc) is 2.76. The highest BCUT2D eigenvalue weighted by molar-refractivity contribution is 5.81. The number of amides is 1. The average molecular weight is 254 g/mol. The van der Waals surface area contributed by atoms with Crippen molar-refractivity contribution >= 4 is 11.9 Å². The third-order valence-corrected chi connectivity index (χ3v) is 4.27. The molecular weight excluding hydrogens is 232 g/mol. The molecular formula is C13H22N2O3. The molecule has 18 heavy (non-hydrogen) atoms. The Labute approximate surface area is 107 Å². The second-order valence-corrected chi connectivity index (χ2v) is 5.59. The number of aliphatic carboxylic acids is 1. The summed E-state index contributed by atoms with van der Waals surface area (Å²) in [6, 6.07) is -0.184. The Hall–Kier alpha value is -1.10. The van der Waals surface area contributed by atoms with Gasteiger partial charge in [0, 0.05) is 12.6 Å². The van der Waals surface area contributed by atoms with E-state index in [1.54, 1.807) is 0 Å². The van der Waals surface area contributed by atoms with E-state index in [1.165, 1.54) is 0 Å². The maximum absolute atomic E-state index is 12.1. The van der Waals surface area contributed by atoms with Crippen LogP contribution in [0.3, 0.4) is 0 Å². The third-order valence-electron chi connectivity index (χ3n) is 4.27. The quantitative estimate of drug-likeness (QED) is 0.689. The van der Waals surface area contributed by atoms with E-state index >= 15 is 0 Å². The molecule has 0 aromatic heterocycles. The fourth-order valence-corrected chi connectivity index (χ4v) is 3.05. The first-order valence-electron chi connectivity index (χ1n) is 6.83. The molecule has 0 radical (unpaired) electrons. The topological polar surface area (TPSA) is 78.4 Å². The van der Waals surface area contributed by atoms with Crippen LogP contribution in [0.15, 0.2) is 0 Å². The fraction of sp³-hybridized carbons (Fsp3) is 0.846. The Morgan fingerprint density at radius 2 is 1.89 bits per heavy atom. The van der Waals surface area contributed by atoms with E-state index < -0.39 is 11.9 Å². The summed E-state index contributed by atoms with van der Waals surface area (Å²) in [6.07, 6.45) is 3.42. The lowest BCUT2D eigenvalue weighted by Crippen LogP contribution is -2.48. The van der Waals surface area contributed by atoms with E-state index in [0.717, 1.165) is 25.8 Å². The van der Waals surface area contributed by atoms with Gasteiger partial charge in [-0.2, -0.15) is 0 Å². The van der Waals surface area contributed by atoms with Crippen LogP contribution in [0.5, 0.6) is 0 Å². The Bertz CT molecular complexity index is 332. The molecule has 5 heteroatoms. The minimum absolute atomic E-state index is 0.0126. The molecule has 1 saturated heterocycles. The highest BCUT2D eigenvalue weighted by Crippen LogP contribution is 2.25. The van der Waals surface area contributed by atoms with Gasteiger partial charge in [0.15, 0.2) is 0 Å². The van der Waals surface area contributed by atoms with Gasteiger partial charge in [-0.1, -0.05) is 19.8 Å². The largest absolute Gasteiger partial charge is 0.481 e. The number of hydrogen-bond donors (Lipinski definition) is 3. The van der Waals surface area contributed by atoms with E-state index in [9.17, 15) is 14.7 Å². The molecule has 0 aromatic carbocycles. The number of hydrogen-bond acceptors (Lipinski definition) is 3. The zero-order valence-corrected chi connectivity index (χ0v) is 10.8. The van der Waals surface area contributed by atoms with Gasteiger partial charge in [-0.3, -0.25) is 9.59 Å². The van der Waals surface area contributed by atoms with Crippen LogP contribution in [-0.4, -0.2) is 36.1 Å². The Morgan fingerprint density at radius 3 is 2.50 bits per heavy atom. The van der Waals surface area contributed by atoms with Crippen LogP contribution in [0.4, 0.5) is 0 Å². The lowest BCUT2D eigenvalue weighted by molar-refractivity contribution is -0.144. The first kappa shape index (κ1) is 13.3. The number of carbonyl (C=O) groups is 2. The van der Waals surface area contributed by atoms with Gasteiger partial charge < -0.3 is 15.7 Å². The van der Waals surface area contributed by atoms with Gasteiger partial charge >= 0.3 is 5.97 Å². The van der Waals surface area contributed by atoms with Crippen molar-refractivity contribution in [3.05, 3.63) is 0 Å². The Morgan fingerprint density at radius 1 is 1.17 bits per heavy atom. The molecule has 2 unspecified atom stereocenters. The molecule has 4 atom stereocenters. The molecule has 5 nitrogen and oxygen atoms in total. The van der Waals surface area contributed by atoms with Crippen LogP contribution in [-0.2, 0) is 9.59 Å². The maximum atomic E-state index is 12.1. The standard InChI is InChI=1S/C13H22N2O3/c1-8-6-14-7-10(8)12(16)15-11-5-3-2-4-9(11)13(17)18/h8-11,14H,2-7H2,1H3,(H,15,16)(H,17,18)/t8-,9?,10-,11?/m1/s1. The minimum Gasteiger partial charge on any atom is -0.481 e. The van der Waals surface area contributed by atoms with Crippen molar-refractivity contribution in [3.63, 3.8) is 0 Å². The first-order valence-corrected chi connectivity index (χ1v) is 6.83. The molecule has 102 valence electrons. The van der Waals surface area contributed by atoms with Gasteiger partial charge in [0.05, 0.1) is 11.8 Å². The van der Waals surface area contributed by atoms with Crippen molar-refractivity contribution < 1.29 is 14.7 Å². The van der Waals surface area contributed by atoms with Crippen molar-refractivity contribution in [2.45, 2.75) is 38.6 Å². The van der Waals surface area contributed by atoms with E-state index in [2.05, 4.69) is 17.6 Å². The predicted molar refractivity (Wildman–Crippen MR) is 67.0 cm³/mol. The highest BCUT2D eigenvalue weighted by Gasteiger charge is 2.35. The molecule has 2 rings (SSSR count). The van der Waals surface area contributed by atoms with Crippen LogP contribution < -0.4 is 10.6 Å². The fourth-order valence-electron chi connectivity index (χ4n) is 3.05. The SMILES string of the molecule is C[C@@H]1CNC[C@H]1C(=O)NC1CCCCC1C(=O)O. The normalized spacial score (nSPS) is 36.3. The summed E-state index contributed by atoms with van der Waals surface area (Å²) < 4.78 is 0. The monoisotopic (exact) mass is 254 g/mol. The molecule has 0 aromatic rings. The number of carboxylic acid groups (broad SMARTS) is 1. The summed E-state index contributed by atoms with van der Waals surface area (Å²) in [5.74, 6) is -0.853. The zero-order valence-electron chi connectivity index (χ0n) is 10.8. The van der Waals surface area contributed by atoms with E-state index in [0.29, 0.717) is 18.9 Å². The number of nitrogens with one attached hydrogen (secondary N) is 2. The molecule has 0 bridgehead atoms. The molecule has 0 spiro atoms. The van der Waals surface area contributed by atoms with Crippen molar-refractivity contribution in [1.82, 2.24) is 10.6 Å². The van der Waals surface area contributed by atoms with Gasteiger partial charge in [0.25, 0.3) is 0 Å². The second-order valence-electron chi connectivity index (χ2n) is 5.59. The summed E-state index contributed by atoms with van der Waals surface area (Å²) in [4.78, 5) is 23.3. The van der Waals surface area contributed by atoms with Crippen molar-refractivity contribution in [2.24, 2.45) is 17.8 Å². The molecule has 1 aliphatic heterocycles. The molecule has 1 saturated carbocycles. The van der Waals surface area contributed by atoms with Crippen molar-refractivity contribution in [3.8, 4) is 0 Å². The van der Waals surface area contributed by atoms with Crippen LogP contribution >= 0.6 is 0 Å². The number of rotatable bonds is 3. The number of carboxylic acids is 1. The van der Waals surface area contributed by atoms with Gasteiger partial charge in [0.1, 0.15) is 0 Å². The summed E-state index contributed by atoms with van der Waals surface area (Å²) in [7, 11) is 0. The predicted octanol–water partition coefficient (Wildman–Crippen LogP) is 0.601. The van der Waals surface area contributed by atoms with Gasteiger partial charge in [-0.25, -0.2) is 0 Å². The highest BCUT2D eigenvalue weighted by atomic mass is 16.4. The summed E-state index contributed by atoms with van der Waals surface area (Å²) >= 11 is 0. The van der Waals surface area contributed by atoms with Crippen molar-refractivity contribution in [1.29, 1.82) is 0 Å². The zero-order chi connectivity index (χ0) is 13.1. The summed E-state index contributed by atoms with van der Waals surface area (Å²) in [6.45, 7) is 3.63. The molecule has 2 aliphatic rings. The van der Waals surface area contributed by atoms with Crippen LogP contribution in [0, 0.1) is 17.8 Å². The van der Waals surface area contributed by atoms with Gasteiger partial charge in [0.2, 0.25) is 5.91 Å². The van der Waals surface area contributed by atoms with Crippen LogP contribution in [0.1, 0.15) is 32.6 Å². The Kier molecular flexibility index (Phi) is 4.22. The van der Waals surface area contributed by atoms with Crippen LogP contribution in [0.2, 0.25) is 0 Å². The van der Waals surface area contributed by atoms with Gasteiger partial charge in [-0.15, -0.1) is 0 Å². The molecule has 1 aliphatic carbocycles. The van der Waals surface area contributed by atoms with Crippen LogP contribution in [0.25, 0.3) is 0 Å².